The highest BCUT2D eigenvalue weighted by atomic mass is 35.5. The van der Waals surface area contributed by atoms with Crippen LogP contribution in [0.5, 0.6) is 5.75 Å². The van der Waals surface area contributed by atoms with E-state index in [1.54, 1.807) is 12.1 Å². The molecule has 1 aromatic rings. The summed E-state index contributed by atoms with van der Waals surface area (Å²) in [4.78, 5) is 17.0. The lowest BCUT2D eigenvalue weighted by molar-refractivity contribution is 0.0937. The number of benzene rings is 1. The molecule has 0 atom stereocenters. The molecule has 1 aromatic carbocycles. The third kappa shape index (κ3) is 6.67. The lowest BCUT2D eigenvalue weighted by atomic mass is 10.0. The Bertz CT molecular complexity index is 579. The van der Waals surface area contributed by atoms with Crippen LogP contribution in [0.3, 0.4) is 0 Å². The van der Waals surface area contributed by atoms with E-state index in [0.29, 0.717) is 34.6 Å². The van der Waals surface area contributed by atoms with Crippen molar-refractivity contribution >= 4 is 48.0 Å². The van der Waals surface area contributed by atoms with E-state index in [9.17, 15) is 4.79 Å². The molecule has 2 rings (SSSR count). The summed E-state index contributed by atoms with van der Waals surface area (Å²) in [5.74, 6) is 0.234. The minimum Gasteiger partial charge on any atom is -0.496 e. The predicted molar refractivity (Wildman–Crippen MR) is 112 cm³/mol. The molecular weight excluding hydrogens is 399 g/mol. The Kier molecular flexibility index (Phi) is 11.3. The zero-order chi connectivity index (χ0) is 17.7. The van der Waals surface area contributed by atoms with Crippen molar-refractivity contribution in [2.45, 2.75) is 18.9 Å². The molecule has 0 aliphatic carbocycles. The van der Waals surface area contributed by atoms with Gasteiger partial charge in [-0.2, -0.15) is 0 Å². The maximum Gasteiger partial charge on any atom is 0.255 e. The summed E-state index contributed by atoms with van der Waals surface area (Å²) in [5.41, 5.74) is 6.54. The van der Waals surface area contributed by atoms with Gasteiger partial charge < -0.3 is 25.6 Å². The number of anilines is 1. The quantitative estimate of drug-likeness (QED) is 0.683. The number of piperidine rings is 1. The molecule has 150 valence electrons. The van der Waals surface area contributed by atoms with Gasteiger partial charge in [-0.1, -0.05) is 11.6 Å². The number of rotatable bonds is 6. The molecule has 0 unspecified atom stereocenters. The fourth-order valence-electron chi connectivity index (χ4n) is 3.00. The molecule has 1 fully saturated rings. The smallest absolute Gasteiger partial charge is 0.255 e. The Balaban J connectivity index is 0.00000312. The van der Waals surface area contributed by atoms with E-state index in [1.807, 2.05) is 0 Å². The van der Waals surface area contributed by atoms with Gasteiger partial charge in [0, 0.05) is 25.2 Å². The molecule has 0 radical (unpaired) electrons. The second-order valence-electron chi connectivity index (χ2n) is 6.37. The van der Waals surface area contributed by atoms with Crippen LogP contribution in [0, 0.1) is 0 Å². The number of nitrogens with two attached hydrogens (primary N) is 1. The van der Waals surface area contributed by atoms with Crippen molar-refractivity contribution in [1.29, 1.82) is 0 Å². The molecule has 1 saturated heterocycles. The molecule has 1 amide bonds. The number of hydrogen-bond acceptors (Lipinski definition) is 5. The van der Waals surface area contributed by atoms with Crippen molar-refractivity contribution in [2.24, 2.45) is 0 Å². The first-order valence-corrected chi connectivity index (χ1v) is 8.60. The molecule has 6 nitrogen and oxygen atoms in total. The van der Waals surface area contributed by atoms with Gasteiger partial charge in [-0.3, -0.25) is 4.79 Å². The fourth-order valence-corrected chi connectivity index (χ4v) is 3.16. The van der Waals surface area contributed by atoms with Crippen LogP contribution in [0.4, 0.5) is 5.69 Å². The van der Waals surface area contributed by atoms with Crippen molar-refractivity contribution < 1.29 is 9.53 Å². The largest absolute Gasteiger partial charge is 0.496 e. The van der Waals surface area contributed by atoms with Crippen molar-refractivity contribution in [3.63, 3.8) is 0 Å². The van der Waals surface area contributed by atoms with Gasteiger partial charge in [-0.05, 0) is 46.1 Å². The highest BCUT2D eigenvalue weighted by molar-refractivity contribution is 6.33. The van der Waals surface area contributed by atoms with E-state index in [-0.39, 0.29) is 30.7 Å². The second kappa shape index (κ2) is 11.7. The molecule has 9 heteroatoms. The summed E-state index contributed by atoms with van der Waals surface area (Å²) in [5, 5.41) is 3.28. The van der Waals surface area contributed by atoms with Gasteiger partial charge >= 0.3 is 0 Å². The van der Waals surface area contributed by atoms with Gasteiger partial charge in [0.25, 0.3) is 5.91 Å². The van der Waals surface area contributed by atoms with E-state index in [4.69, 9.17) is 22.1 Å². The third-order valence-electron chi connectivity index (χ3n) is 4.56. The Hall–Kier alpha value is -0.920. The number of carbonyl (C=O) groups is 1. The van der Waals surface area contributed by atoms with E-state index in [1.165, 1.54) is 20.0 Å². The van der Waals surface area contributed by atoms with E-state index >= 15 is 0 Å². The first-order chi connectivity index (χ1) is 11.4. The van der Waals surface area contributed by atoms with Gasteiger partial charge in [-0.25, -0.2) is 0 Å². The molecule has 0 aromatic heterocycles. The molecular formula is C17H29Cl3N4O2. The number of methoxy groups -OCH3 is 1. The minimum atomic E-state index is -0.197. The third-order valence-corrected chi connectivity index (χ3v) is 4.89. The van der Waals surface area contributed by atoms with Crippen molar-refractivity contribution in [3.8, 4) is 5.75 Å². The first kappa shape index (κ1) is 25.1. The molecule has 3 N–H and O–H groups in total. The second-order valence-corrected chi connectivity index (χ2v) is 6.77. The van der Waals surface area contributed by atoms with Crippen LogP contribution in [0.1, 0.15) is 23.2 Å². The van der Waals surface area contributed by atoms with Crippen LogP contribution in [0.15, 0.2) is 12.1 Å². The SMILES string of the molecule is COc1cc(N)c(Cl)cc1C(=O)NCCN1CCC(N(C)C)CC1.Cl.Cl. The highest BCUT2D eigenvalue weighted by Gasteiger charge is 2.20. The summed E-state index contributed by atoms with van der Waals surface area (Å²) >= 11 is 6.01. The number of nitrogens with zero attached hydrogens (tertiary/aromatic N) is 2. The summed E-state index contributed by atoms with van der Waals surface area (Å²) < 4.78 is 5.22. The Morgan fingerprint density at radius 2 is 1.96 bits per heavy atom. The molecule has 0 spiro atoms. The fraction of sp³-hybridized carbons (Fsp3) is 0.588. The van der Waals surface area contributed by atoms with Crippen LogP contribution >= 0.6 is 36.4 Å². The van der Waals surface area contributed by atoms with Crippen molar-refractivity contribution in [1.82, 2.24) is 15.1 Å². The van der Waals surface area contributed by atoms with Gasteiger partial charge in [0.15, 0.2) is 0 Å². The molecule has 1 aliphatic rings. The normalized spacial score (nSPS) is 15.1. The number of ether oxygens (including phenoxy) is 1. The van der Waals surface area contributed by atoms with Crippen LogP contribution in [-0.4, -0.2) is 69.1 Å². The topological polar surface area (TPSA) is 70.8 Å². The molecule has 1 heterocycles. The average molecular weight is 428 g/mol. The Morgan fingerprint density at radius 1 is 1.35 bits per heavy atom. The van der Waals surface area contributed by atoms with E-state index in [2.05, 4.69) is 29.2 Å². The van der Waals surface area contributed by atoms with Gasteiger partial charge in [-0.15, -0.1) is 24.8 Å². The van der Waals surface area contributed by atoms with E-state index in [0.717, 1.165) is 19.6 Å². The maximum atomic E-state index is 12.4. The molecule has 0 bridgehead atoms. The van der Waals surface area contributed by atoms with Crippen LogP contribution in [0.25, 0.3) is 0 Å². The summed E-state index contributed by atoms with van der Waals surface area (Å²) in [6, 6.07) is 3.79. The summed E-state index contributed by atoms with van der Waals surface area (Å²) in [6.07, 6.45) is 2.34. The lowest BCUT2D eigenvalue weighted by Crippen LogP contribution is -2.44. The Labute approximate surface area is 173 Å². The van der Waals surface area contributed by atoms with Crippen LogP contribution < -0.4 is 15.8 Å². The monoisotopic (exact) mass is 426 g/mol. The van der Waals surface area contributed by atoms with Gasteiger partial charge in [0.05, 0.1) is 23.4 Å². The number of amides is 1. The van der Waals surface area contributed by atoms with Crippen LogP contribution in [-0.2, 0) is 0 Å². The zero-order valence-corrected chi connectivity index (χ0v) is 17.8. The standard InChI is InChI=1S/C17H27ClN4O2.2ClH/c1-21(2)12-4-7-22(8-5-12)9-6-20-17(23)13-10-14(18)15(19)11-16(13)24-3;;/h10-12H,4-9,19H2,1-3H3,(H,20,23);2*1H. The van der Waals surface area contributed by atoms with Gasteiger partial charge in [0.1, 0.15) is 5.75 Å². The Morgan fingerprint density at radius 3 is 2.50 bits per heavy atom. The average Bonchev–Trinajstić information content (AvgIpc) is 2.57. The minimum absolute atomic E-state index is 0. The van der Waals surface area contributed by atoms with E-state index < -0.39 is 0 Å². The predicted octanol–water partition coefficient (Wildman–Crippen LogP) is 2.53. The van der Waals surface area contributed by atoms with Gasteiger partial charge in [0.2, 0.25) is 0 Å². The summed E-state index contributed by atoms with van der Waals surface area (Å²) in [7, 11) is 5.77. The van der Waals surface area contributed by atoms with Crippen molar-refractivity contribution in [3.05, 3.63) is 22.7 Å². The molecule has 1 aliphatic heterocycles. The number of likely N-dealkylation sites (tertiary alicyclic amines) is 1. The number of nitrogens with one attached hydrogen (secondary N) is 1. The maximum absolute atomic E-state index is 12.4. The number of nitrogen functional groups attached to an aromatic ring is 1. The molecule has 26 heavy (non-hydrogen) atoms. The van der Waals surface area contributed by atoms with Crippen LogP contribution in [0.2, 0.25) is 5.02 Å². The summed E-state index contributed by atoms with van der Waals surface area (Å²) in [6.45, 7) is 3.57. The zero-order valence-electron chi connectivity index (χ0n) is 15.5. The number of carbonyl (C=O) groups excluding carboxylic acids is 1. The number of halogens is 3. The lowest BCUT2D eigenvalue weighted by Gasteiger charge is -2.35. The van der Waals surface area contributed by atoms with Crippen molar-refractivity contribution in [2.75, 3.05) is 53.1 Å². The number of hydrogen-bond donors (Lipinski definition) is 2. The highest BCUT2D eigenvalue weighted by Crippen LogP contribution is 2.28. The molecule has 0 saturated carbocycles. The first-order valence-electron chi connectivity index (χ1n) is 8.22.